The summed E-state index contributed by atoms with van der Waals surface area (Å²) >= 11 is 0. The van der Waals surface area contributed by atoms with Crippen molar-refractivity contribution in [2.24, 2.45) is 0 Å². The Bertz CT molecular complexity index is 1590. The summed E-state index contributed by atoms with van der Waals surface area (Å²) < 4.78 is 15.0. The minimum absolute atomic E-state index is 0.295. The van der Waals surface area contributed by atoms with E-state index in [1.165, 1.54) is 6.07 Å². The van der Waals surface area contributed by atoms with E-state index in [1.807, 2.05) is 109 Å². The molecule has 0 radical (unpaired) electrons. The molecule has 6 aromatic rings. The molecule has 4 heteroatoms. The van der Waals surface area contributed by atoms with Crippen LogP contribution in [0.2, 0.25) is 0 Å². The lowest BCUT2D eigenvalue weighted by molar-refractivity contribution is 0.631. The van der Waals surface area contributed by atoms with Crippen LogP contribution in [0.1, 0.15) is 0 Å². The van der Waals surface area contributed by atoms with E-state index in [0.29, 0.717) is 23.0 Å². The first-order valence-corrected chi connectivity index (χ1v) is 12.1. The summed E-state index contributed by atoms with van der Waals surface area (Å²) in [6, 6.07) is 42.7. The molecule has 0 atom stereocenters. The van der Waals surface area contributed by atoms with Gasteiger partial charge in [-0.2, -0.15) is 0 Å². The van der Waals surface area contributed by atoms with E-state index < -0.39 is 0 Å². The van der Waals surface area contributed by atoms with Crippen LogP contribution in [-0.2, 0) is 0 Å². The molecule has 0 spiro atoms. The maximum absolute atomic E-state index is 15.0. The van der Waals surface area contributed by atoms with Crippen LogP contribution in [0.3, 0.4) is 0 Å². The average molecular weight is 480 g/mol. The van der Waals surface area contributed by atoms with Crippen molar-refractivity contribution >= 4 is 0 Å². The third-order valence-electron chi connectivity index (χ3n) is 6.23. The Morgan fingerprint density at radius 2 is 0.730 bits per heavy atom. The Morgan fingerprint density at radius 1 is 0.351 bits per heavy atom. The lowest BCUT2D eigenvalue weighted by Crippen LogP contribution is -2.00. The summed E-state index contributed by atoms with van der Waals surface area (Å²) in [5, 5.41) is 0. The lowest BCUT2D eigenvalue weighted by Gasteiger charge is -2.11. The minimum Gasteiger partial charge on any atom is -0.208 e. The SMILES string of the molecule is Fc1ccc(-c2nc(-c3ccccc3)nc(-c3ccccc3)n2)cc1-c1ccc(-c2ccccc2)cc1. The molecule has 0 aliphatic rings. The first-order chi connectivity index (χ1) is 18.2. The summed E-state index contributed by atoms with van der Waals surface area (Å²) in [4.78, 5) is 14.3. The van der Waals surface area contributed by atoms with Crippen LogP contribution >= 0.6 is 0 Å². The molecule has 1 heterocycles. The lowest BCUT2D eigenvalue weighted by atomic mass is 9.98. The zero-order valence-electron chi connectivity index (χ0n) is 19.9. The fourth-order valence-corrected chi connectivity index (χ4v) is 4.30. The van der Waals surface area contributed by atoms with Gasteiger partial charge in [-0.25, -0.2) is 19.3 Å². The van der Waals surface area contributed by atoms with Crippen LogP contribution in [0.5, 0.6) is 0 Å². The summed E-state index contributed by atoms with van der Waals surface area (Å²) in [5.74, 6) is 1.34. The van der Waals surface area contributed by atoms with Crippen LogP contribution < -0.4 is 0 Å². The molecule has 6 rings (SSSR count). The van der Waals surface area contributed by atoms with Crippen molar-refractivity contribution in [2.45, 2.75) is 0 Å². The van der Waals surface area contributed by atoms with Crippen LogP contribution in [0.4, 0.5) is 4.39 Å². The molecule has 0 saturated carbocycles. The van der Waals surface area contributed by atoms with E-state index in [4.69, 9.17) is 15.0 Å². The fourth-order valence-electron chi connectivity index (χ4n) is 4.30. The maximum Gasteiger partial charge on any atom is 0.164 e. The Hall–Kier alpha value is -4.96. The molecular formula is C33H22FN3. The highest BCUT2D eigenvalue weighted by atomic mass is 19.1. The zero-order chi connectivity index (χ0) is 25.0. The van der Waals surface area contributed by atoms with Crippen molar-refractivity contribution in [1.82, 2.24) is 15.0 Å². The maximum atomic E-state index is 15.0. The van der Waals surface area contributed by atoms with Gasteiger partial charge in [-0.3, -0.25) is 0 Å². The van der Waals surface area contributed by atoms with Gasteiger partial charge in [0.15, 0.2) is 17.5 Å². The van der Waals surface area contributed by atoms with E-state index in [0.717, 1.165) is 33.4 Å². The first kappa shape index (κ1) is 22.5. The molecule has 0 fully saturated rings. The van der Waals surface area contributed by atoms with Crippen molar-refractivity contribution < 1.29 is 4.39 Å². The van der Waals surface area contributed by atoms with Crippen LogP contribution in [0.25, 0.3) is 56.4 Å². The standard InChI is InChI=1S/C33H22FN3/c34-30-21-20-28(22-29(30)25-18-16-24(17-19-25)23-10-4-1-5-11-23)33-36-31(26-12-6-2-7-13-26)35-32(37-33)27-14-8-3-9-15-27/h1-22H. The van der Waals surface area contributed by atoms with Gasteiger partial charge in [-0.05, 0) is 34.9 Å². The van der Waals surface area contributed by atoms with E-state index >= 15 is 4.39 Å². The molecule has 37 heavy (non-hydrogen) atoms. The van der Waals surface area contributed by atoms with Gasteiger partial charge in [0.2, 0.25) is 0 Å². The molecule has 0 bridgehead atoms. The van der Waals surface area contributed by atoms with Gasteiger partial charge in [-0.15, -0.1) is 0 Å². The quantitative estimate of drug-likeness (QED) is 0.249. The third-order valence-corrected chi connectivity index (χ3v) is 6.23. The van der Waals surface area contributed by atoms with E-state index in [-0.39, 0.29) is 5.82 Å². The molecule has 0 aliphatic carbocycles. The number of nitrogens with zero attached hydrogens (tertiary/aromatic N) is 3. The average Bonchev–Trinajstić information content (AvgIpc) is 2.99. The second-order valence-corrected chi connectivity index (χ2v) is 8.68. The second-order valence-electron chi connectivity index (χ2n) is 8.68. The Morgan fingerprint density at radius 3 is 1.24 bits per heavy atom. The highest BCUT2D eigenvalue weighted by Crippen LogP contribution is 2.31. The molecular weight excluding hydrogens is 457 g/mol. The smallest absolute Gasteiger partial charge is 0.164 e. The highest BCUT2D eigenvalue weighted by molar-refractivity contribution is 5.75. The molecule has 1 aromatic heterocycles. The fraction of sp³-hybridized carbons (Fsp3) is 0. The second kappa shape index (κ2) is 9.96. The van der Waals surface area contributed by atoms with Gasteiger partial charge >= 0.3 is 0 Å². The number of benzene rings is 5. The van der Waals surface area contributed by atoms with Gasteiger partial charge in [-0.1, -0.05) is 115 Å². The number of halogens is 1. The topological polar surface area (TPSA) is 38.7 Å². The number of rotatable bonds is 5. The van der Waals surface area contributed by atoms with E-state index in [2.05, 4.69) is 12.1 Å². The molecule has 0 unspecified atom stereocenters. The van der Waals surface area contributed by atoms with Crippen molar-refractivity contribution in [3.8, 4) is 56.4 Å². The monoisotopic (exact) mass is 479 g/mol. The summed E-state index contributed by atoms with van der Waals surface area (Å²) in [6.45, 7) is 0. The Kier molecular flexibility index (Phi) is 6.05. The zero-order valence-corrected chi connectivity index (χ0v) is 19.9. The number of hydrogen-bond donors (Lipinski definition) is 0. The van der Waals surface area contributed by atoms with Crippen LogP contribution in [0, 0.1) is 5.82 Å². The van der Waals surface area contributed by atoms with Gasteiger partial charge in [0, 0.05) is 22.3 Å². The summed E-state index contributed by atoms with van der Waals surface area (Å²) in [7, 11) is 0. The largest absolute Gasteiger partial charge is 0.208 e. The van der Waals surface area contributed by atoms with Gasteiger partial charge in [0.25, 0.3) is 0 Å². The summed E-state index contributed by atoms with van der Waals surface area (Å²) in [5.41, 5.74) is 6.00. The Labute approximate surface area is 215 Å². The molecule has 0 amide bonds. The number of hydrogen-bond acceptors (Lipinski definition) is 3. The first-order valence-electron chi connectivity index (χ1n) is 12.1. The normalized spacial score (nSPS) is 10.8. The van der Waals surface area contributed by atoms with Crippen molar-refractivity contribution in [3.63, 3.8) is 0 Å². The van der Waals surface area contributed by atoms with Gasteiger partial charge < -0.3 is 0 Å². The Balaban J connectivity index is 1.44. The van der Waals surface area contributed by atoms with Gasteiger partial charge in [0.05, 0.1) is 0 Å². The summed E-state index contributed by atoms with van der Waals surface area (Å²) in [6.07, 6.45) is 0. The van der Waals surface area contributed by atoms with Crippen molar-refractivity contribution in [3.05, 3.63) is 139 Å². The predicted octanol–water partition coefficient (Wildman–Crippen LogP) is 8.35. The molecule has 3 nitrogen and oxygen atoms in total. The third kappa shape index (κ3) is 4.78. The minimum atomic E-state index is -0.295. The molecule has 0 saturated heterocycles. The van der Waals surface area contributed by atoms with Crippen LogP contribution in [0.15, 0.2) is 133 Å². The van der Waals surface area contributed by atoms with E-state index in [9.17, 15) is 0 Å². The van der Waals surface area contributed by atoms with E-state index in [1.54, 1.807) is 6.07 Å². The number of aromatic nitrogens is 3. The molecule has 0 N–H and O–H groups in total. The van der Waals surface area contributed by atoms with Crippen LogP contribution in [-0.4, -0.2) is 15.0 Å². The van der Waals surface area contributed by atoms with Crippen molar-refractivity contribution in [1.29, 1.82) is 0 Å². The molecule has 176 valence electrons. The highest BCUT2D eigenvalue weighted by Gasteiger charge is 2.14. The van der Waals surface area contributed by atoms with Gasteiger partial charge in [0.1, 0.15) is 5.82 Å². The molecule has 0 aliphatic heterocycles. The van der Waals surface area contributed by atoms with Crippen molar-refractivity contribution in [2.75, 3.05) is 0 Å². The predicted molar refractivity (Wildman–Crippen MR) is 147 cm³/mol. The molecule has 5 aromatic carbocycles.